The summed E-state index contributed by atoms with van der Waals surface area (Å²) in [5, 5.41) is 9.54. The van der Waals surface area contributed by atoms with Crippen molar-refractivity contribution in [1.82, 2.24) is 0 Å². The summed E-state index contributed by atoms with van der Waals surface area (Å²) in [6.07, 6.45) is 0. The zero-order chi connectivity index (χ0) is 14.8. The number of aromatic carboxylic acids is 1. The monoisotopic (exact) mass is 306 g/mol. The summed E-state index contributed by atoms with van der Waals surface area (Å²) in [5.74, 6) is 0.354. The molecule has 0 unspecified atom stereocenters. The molecule has 1 aliphatic heterocycles. The van der Waals surface area contributed by atoms with E-state index in [9.17, 15) is 4.79 Å². The number of hydrogen-bond donors (Lipinski definition) is 1. The van der Waals surface area contributed by atoms with Crippen LogP contribution in [0.25, 0.3) is 0 Å². The van der Waals surface area contributed by atoms with Gasteiger partial charge < -0.3 is 19.3 Å². The Morgan fingerprint density at radius 2 is 2.10 bits per heavy atom. The predicted molar refractivity (Wildman–Crippen MR) is 75.3 cm³/mol. The standard InChI is InChI=1S/C15H11ClO5/c16-11-5-9(6-13-14(11)21-8-20-13)7-19-12-4-2-1-3-10(12)15(17)18/h1-6H,7-8H2,(H,17,18). The summed E-state index contributed by atoms with van der Waals surface area (Å²) in [4.78, 5) is 11.1. The number of rotatable bonds is 4. The van der Waals surface area contributed by atoms with Gasteiger partial charge >= 0.3 is 5.97 Å². The highest BCUT2D eigenvalue weighted by atomic mass is 35.5. The molecule has 108 valence electrons. The second-order valence-corrected chi connectivity index (χ2v) is 4.81. The number of halogens is 1. The van der Waals surface area contributed by atoms with Gasteiger partial charge in [0.15, 0.2) is 11.5 Å². The molecule has 0 fully saturated rings. The Morgan fingerprint density at radius 1 is 1.29 bits per heavy atom. The van der Waals surface area contributed by atoms with Crippen LogP contribution in [0.3, 0.4) is 0 Å². The Hall–Kier alpha value is -2.40. The minimum Gasteiger partial charge on any atom is -0.488 e. The first-order valence-electron chi connectivity index (χ1n) is 6.18. The molecular formula is C15H11ClO5. The van der Waals surface area contributed by atoms with Crippen molar-refractivity contribution in [2.24, 2.45) is 0 Å². The molecule has 3 rings (SSSR count). The third kappa shape index (κ3) is 2.73. The van der Waals surface area contributed by atoms with Crippen molar-refractivity contribution < 1.29 is 24.1 Å². The third-order valence-electron chi connectivity index (χ3n) is 3.00. The van der Waals surface area contributed by atoms with E-state index in [0.717, 1.165) is 5.56 Å². The van der Waals surface area contributed by atoms with Gasteiger partial charge in [-0.3, -0.25) is 0 Å². The average molecular weight is 307 g/mol. The Kier molecular flexibility index (Phi) is 3.58. The molecule has 0 saturated carbocycles. The van der Waals surface area contributed by atoms with Crippen LogP contribution in [0, 0.1) is 0 Å². The van der Waals surface area contributed by atoms with Crippen molar-refractivity contribution in [3.05, 3.63) is 52.5 Å². The van der Waals surface area contributed by atoms with Gasteiger partial charge in [0.2, 0.25) is 6.79 Å². The first-order valence-corrected chi connectivity index (χ1v) is 6.56. The lowest BCUT2D eigenvalue weighted by Gasteiger charge is -2.10. The van der Waals surface area contributed by atoms with Crippen molar-refractivity contribution in [2.45, 2.75) is 6.61 Å². The van der Waals surface area contributed by atoms with Gasteiger partial charge in [-0.2, -0.15) is 0 Å². The quantitative estimate of drug-likeness (QED) is 0.938. The lowest BCUT2D eigenvalue weighted by Crippen LogP contribution is -2.03. The normalized spacial score (nSPS) is 12.2. The van der Waals surface area contributed by atoms with Crippen molar-refractivity contribution in [1.29, 1.82) is 0 Å². The van der Waals surface area contributed by atoms with E-state index in [1.54, 1.807) is 30.3 Å². The molecule has 6 heteroatoms. The summed E-state index contributed by atoms with van der Waals surface area (Å²) < 4.78 is 16.1. The number of para-hydroxylation sites is 1. The molecule has 0 radical (unpaired) electrons. The number of hydrogen-bond acceptors (Lipinski definition) is 4. The Labute approximate surface area is 125 Å². The average Bonchev–Trinajstić information content (AvgIpc) is 2.94. The molecule has 1 aliphatic rings. The molecule has 0 bridgehead atoms. The van der Waals surface area contributed by atoms with Crippen molar-refractivity contribution >= 4 is 17.6 Å². The molecular weight excluding hydrogens is 296 g/mol. The van der Waals surface area contributed by atoms with E-state index >= 15 is 0 Å². The zero-order valence-corrected chi connectivity index (χ0v) is 11.6. The van der Waals surface area contributed by atoms with Crippen LogP contribution in [0.1, 0.15) is 15.9 Å². The van der Waals surface area contributed by atoms with Crippen LogP contribution in [0.5, 0.6) is 17.2 Å². The highest BCUT2D eigenvalue weighted by Gasteiger charge is 2.18. The molecule has 0 atom stereocenters. The summed E-state index contributed by atoms with van der Waals surface area (Å²) in [5.41, 5.74) is 0.883. The summed E-state index contributed by atoms with van der Waals surface area (Å²) in [6, 6.07) is 9.93. The molecule has 0 aliphatic carbocycles. The molecule has 0 saturated heterocycles. The maximum absolute atomic E-state index is 11.1. The number of carboxylic acid groups (broad SMARTS) is 1. The number of fused-ring (bicyclic) bond motifs is 1. The van der Waals surface area contributed by atoms with Crippen LogP contribution in [0.4, 0.5) is 0 Å². The molecule has 0 spiro atoms. The van der Waals surface area contributed by atoms with Gasteiger partial charge in [-0.05, 0) is 29.8 Å². The van der Waals surface area contributed by atoms with E-state index in [0.29, 0.717) is 22.3 Å². The molecule has 1 N–H and O–H groups in total. The maximum Gasteiger partial charge on any atom is 0.339 e. The summed E-state index contributed by atoms with van der Waals surface area (Å²) in [7, 11) is 0. The fourth-order valence-electron chi connectivity index (χ4n) is 2.03. The number of ether oxygens (including phenoxy) is 3. The van der Waals surface area contributed by atoms with Crippen LogP contribution in [-0.4, -0.2) is 17.9 Å². The van der Waals surface area contributed by atoms with Crippen LogP contribution in [0.2, 0.25) is 5.02 Å². The summed E-state index contributed by atoms with van der Waals surface area (Å²) >= 11 is 6.08. The van der Waals surface area contributed by atoms with Gasteiger partial charge in [0.05, 0.1) is 5.02 Å². The van der Waals surface area contributed by atoms with Gasteiger partial charge in [0.25, 0.3) is 0 Å². The van der Waals surface area contributed by atoms with Crippen LogP contribution >= 0.6 is 11.6 Å². The molecule has 0 amide bonds. The van der Waals surface area contributed by atoms with Crippen molar-refractivity contribution in [2.75, 3.05) is 6.79 Å². The molecule has 5 nitrogen and oxygen atoms in total. The Bertz CT molecular complexity index is 698. The zero-order valence-electron chi connectivity index (χ0n) is 10.8. The predicted octanol–water partition coefficient (Wildman–Crippen LogP) is 3.35. The number of benzene rings is 2. The Balaban J connectivity index is 1.80. The molecule has 2 aromatic rings. The van der Waals surface area contributed by atoms with Gasteiger partial charge in [-0.1, -0.05) is 23.7 Å². The van der Waals surface area contributed by atoms with Crippen LogP contribution in [-0.2, 0) is 6.61 Å². The number of carboxylic acids is 1. The van der Waals surface area contributed by atoms with Gasteiger partial charge in [0.1, 0.15) is 17.9 Å². The van der Waals surface area contributed by atoms with Crippen molar-refractivity contribution in [3.8, 4) is 17.2 Å². The van der Waals surface area contributed by atoms with E-state index in [2.05, 4.69) is 0 Å². The van der Waals surface area contributed by atoms with E-state index < -0.39 is 5.97 Å². The van der Waals surface area contributed by atoms with Crippen molar-refractivity contribution in [3.63, 3.8) is 0 Å². The smallest absolute Gasteiger partial charge is 0.339 e. The molecule has 21 heavy (non-hydrogen) atoms. The topological polar surface area (TPSA) is 65.0 Å². The first-order chi connectivity index (χ1) is 10.1. The van der Waals surface area contributed by atoms with Gasteiger partial charge in [-0.15, -0.1) is 0 Å². The van der Waals surface area contributed by atoms with Gasteiger partial charge in [0, 0.05) is 0 Å². The molecule has 1 heterocycles. The summed E-state index contributed by atoms with van der Waals surface area (Å²) in [6.45, 7) is 0.321. The fraction of sp³-hybridized carbons (Fsp3) is 0.133. The maximum atomic E-state index is 11.1. The molecule has 0 aromatic heterocycles. The van der Waals surface area contributed by atoms with E-state index in [-0.39, 0.29) is 19.0 Å². The largest absolute Gasteiger partial charge is 0.488 e. The van der Waals surface area contributed by atoms with Crippen LogP contribution < -0.4 is 14.2 Å². The first kappa shape index (κ1) is 13.6. The highest BCUT2D eigenvalue weighted by Crippen LogP contribution is 2.40. The molecule has 2 aromatic carbocycles. The number of carbonyl (C=O) groups is 1. The van der Waals surface area contributed by atoms with E-state index in [4.69, 9.17) is 30.9 Å². The van der Waals surface area contributed by atoms with E-state index in [1.807, 2.05) is 0 Å². The minimum absolute atomic E-state index is 0.115. The second-order valence-electron chi connectivity index (χ2n) is 4.40. The Morgan fingerprint density at radius 3 is 2.90 bits per heavy atom. The highest BCUT2D eigenvalue weighted by molar-refractivity contribution is 6.32. The van der Waals surface area contributed by atoms with E-state index in [1.165, 1.54) is 6.07 Å². The lowest BCUT2D eigenvalue weighted by molar-refractivity contribution is 0.0691. The minimum atomic E-state index is -1.03. The van der Waals surface area contributed by atoms with Crippen LogP contribution in [0.15, 0.2) is 36.4 Å². The third-order valence-corrected chi connectivity index (χ3v) is 3.28. The van der Waals surface area contributed by atoms with Gasteiger partial charge in [-0.25, -0.2) is 4.79 Å². The second kappa shape index (κ2) is 5.54. The SMILES string of the molecule is O=C(O)c1ccccc1OCc1cc(Cl)c2c(c1)OCO2. The lowest BCUT2D eigenvalue weighted by atomic mass is 10.2. The fourth-order valence-corrected chi connectivity index (χ4v) is 2.32.